The minimum absolute atomic E-state index is 0.649. The molecule has 1 aliphatic rings. The van der Waals surface area contributed by atoms with Crippen LogP contribution >= 0.6 is 0 Å². The molecule has 2 aromatic heterocycles. The predicted molar refractivity (Wildman–Crippen MR) is 85.6 cm³/mol. The van der Waals surface area contributed by atoms with Crippen LogP contribution in [-0.4, -0.2) is 38.9 Å². The summed E-state index contributed by atoms with van der Waals surface area (Å²) in [5.74, 6) is 2.89. The van der Waals surface area contributed by atoms with E-state index in [1.165, 1.54) is 12.8 Å². The Morgan fingerprint density at radius 2 is 2.09 bits per heavy atom. The second-order valence-electron chi connectivity index (χ2n) is 5.41. The van der Waals surface area contributed by atoms with Crippen molar-refractivity contribution in [3.8, 4) is 0 Å². The molecule has 1 aliphatic heterocycles. The summed E-state index contributed by atoms with van der Waals surface area (Å²) in [6.07, 6.45) is 7.58. The molecule has 3 rings (SSSR count). The normalized spacial score (nSPS) is 14.7. The number of guanidine groups is 1. The summed E-state index contributed by atoms with van der Waals surface area (Å²) in [4.78, 5) is 4.25. The number of hydrogen-bond donors (Lipinski definition) is 2. The van der Waals surface area contributed by atoms with Crippen molar-refractivity contribution in [1.29, 1.82) is 0 Å². The van der Waals surface area contributed by atoms with Crippen molar-refractivity contribution in [1.82, 2.24) is 30.0 Å². The van der Waals surface area contributed by atoms with E-state index in [4.69, 9.17) is 0 Å². The molecule has 22 heavy (non-hydrogen) atoms. The third-order valence-corrected chi connectivity index (χ3v) is 3.90. The molecule has 118 valence electrons. The van der Waals surface area contributed by atoms with Crippen LogP contribution in [0.3, 0.4) is 0 Å². The van der Waals surface area contributed by atoms with E-state index in [0.29, 0.717) is 6.54 Å². The van der Waals surface area contributed by atoms with Gasteiger partial charge in [-0.05, 0) is 25.0 Å². The minimum atomic E-state index is 0.649. The smallest absolute Gasteiger partial charge is 0.191 e. The molecular formula is C15H23N7. The molecule has 0 saturated carbocycles. The molecule has 0 aromatic carbocycles. The van der Waals surface area contributed by atoms with E-state index in [1.807, 2.05) is 12.1 Å². The van der Waals surface area contributed by atoms with Crippen LogP contribution in [0.25, 0.3) is 0 Å². The van der Waals surface area contributed by atoms with E-state index in [1.54, 1.807) is 7.05 Å². The van der Waals surface area contributed by atoms with E-state index in [9.17, 15) is 0 Å². The van der Waals surface area contributed by atoms with Gasteiger partial charge in [-0.3, -0.25) is 4.99 Å². The molecule has 0 saturated heterocycles. The topological polar surface area (TPSA) is 72.1 Å². The first kappa shape index (κ1) is 14.6. The highest BCUT2D eigenvalue weighted by Crippen LogP contribution is 2.13. The van der Waals surface area contributed by atoms with E-state index in [0.717, 1.165) is 43.7 Å². The van der Waals surface area contributed by atoms with Crippen molar-refractivity contribution in [3.63, 3.8) is 0 Å². The lowest BCUT2D eigenvalue weighted by molar-refractivity contribution is 0.504. The fourth-order valence-electron chi connectivity index (χ4n) is 2.71. The van der Waals surface area contributed by atoms with Gasteiger partial charge in [0.1, 0.15) is 5.82 Å². The Labute approximate surface area is 130 Å². The zero-order chi connectivity index (χ0) is 15.2. The van der Waals surface area contributed by atoms with Gasteiger partial charge >= 0.3 is 0 Å². The second-order valence-corrected chi connectivity index (χ2v) is 5.41. The Balaban J connectivity index is 1.48. The molecule has 0 spiro atoms. The Morgan fingerprint density at radius 3 is 2.91 bits per heavy atom. The van der Waals surface area contributed by atoms with Gasteiger partial charge < -0.3 is 19.8 Å². The maximum absolute atomic E-state index is 4.29. The van der Waals surface area contributed by atoms with Gasteiger partial charge in [0.25, 0.3) is 0 Å². The maximum Gasteiger partial charge on any atom is 0.191 e. The molecule has 0 unspecified atom stereocenters. The Hall–Kier alpha value is -2.31. The zero-order valence-electron chi connectivity index (χ0n) is 13.0. The van der Waals surface area contributed by atoms with Gasteiger partial charge in [0.15, 0.2) is 11.8 Å². The average Bonchev–Trinajstić information content (AvgIpc) is 3.20. The molecule has 7 heteroatoms. The number of aliphatic imine (C=N–C) groups is 1. The highest BCUT2D eigenvalue weighted by molar-refractivity contribution is 5.79. The van der Waals surface area contributed by atoms with Crippen LogP contribution in [0.5, 0.6) is 0 Å². The molecule has 0 aliphatic carbocycles. The van der Waals surface area contributed by atoms with Crippen LogP contribution in [-0.2, 0) is 26.1 Å². The zero-order valence-corrected chi connectivity index (χ0v) is 13.0. The SMILES string of the molecule is CN=C(NCCn1cccc1)NCc1nnc2n1CCCC2. The Bertz CT molecular complexity index is 612. The number of hydrogen-bond acceptors (Lipinski definition) is 3. The van der Waals surface area contributed by atoms with Crippen molar-refractivity contribution in [2.75, 3.05) is 13.6 Å². The second kappa shape index (κ2) is 7.11. The molecule has 2 aromatic rings. The van der Waals surface area contributed by atoms with Crippen LogP contribution in [0, 0.1) is 0 Å². The van der Waals surface area contributed by atoms with Crippen molar-refractivity contribution < 1.29 is 0 Å². The van der Waals surface area contributed by atoms with Crippen LogP contribution in [0.4, 0.5) is 0 Å². The van der Waals surface area contributed by atoms with Crippen LogP contribution in [0.2, 0.25) is 0 Å². The number of aryl methyl sites for hydroxylation is 1. The first-order valence-electron chi connectivity index (χ1n) is 7.83. The summed E-state index contributed by atoms with van der Waals surface area (Å²) >= 11 is 0. The number of nitrogens with one attached hydrogen (secondary N) is 2. The lowest BCUT2D eigenvalue weighted by atomic mass is 10.2. The number of nitrogens with zero attached hydrogens (tertiary/aromatic N) is 5. The van der Waals surface area contributed by atoms with Crippen molar-refractivity contribution in [2.24, 2.45) is 4.99 Å². The van der Waals surface area contributed by atoms with Crippen LogP contribution in [0.1, 0.15) is 24.5 Å². The molecule has 7 nitrogen and oxygen atoms in total. The fourth-order valence-corrected chi connectivity index (χ4v) is 2.71. The van der Waals surface area contributed by atoms with E-state index < -0.39 is 0 Å². The molecule has 0 bridgehead atoms. The largest absolute Gasteiger partial charge is 0.355 e. The summed E-state index contributed by atoms with van der Waals surface area (Å²) < 4.78 is 4.36. The number of rotatable bonds is 5. The predicted octanol–water partition coefficient (Wildman–Crippen LogP) is 0.781. The first-order valence-corrected chi connectivity index (χ1v) is 7.83. The van der Waals surface area contributed by atoms with Crippen LogP contribution in [0.15, 0.2) is 29.5 Å². The minimum Gasteiger partial charge on any atom is -0.355 e. The van der Waals surface area contributed by atoms with Crippen molar-refractivity contribution in [3.05, 3.63) is 36.2 Å². The van der Waals surface area contributed by atoms with Gasteiger partial charge in [0.05, 0.1) is 6.54 Å². The average molecular weight is 301 g/mol. The monoisotopic (exact) mass is 301 g/mol. The third kappa shape index (κ3) is 3.47. The maximum atomic E-state index is 4.29. The Morgan fingerprint density at radius 1 is 1.23 bits per heavy atom. The van der Waals surface area contributed by atoms with Gasteiger partial charge in [0, 0.05) is 45.5 Å². The summed E-state index contributed by atoms with van der Waals surface area (Å²) in [6, 6.07) is 4.06. The highest BCUT2D eigenvalue weighted by Gasteiger charge is 2.15. The van der Waals surface area contributed by atoms with Gasteiger partial charge in [-0.15, -0.1) is 10.2 Å². The van der Waals surface area contributed by atoms with Gasteiger partial charge in [0.2, 0.25) is 0 Å². The quantitative estimate of drug-likeness (QED) is 0.632. The van der Waals surface area contributed by atoms with Gasteiger partial charge in [-0.1, -0.05) is 0 Å². The highest BCUT2D eigenvalue weighted by atomic mass is 15.3. The number of aromatic nitrogens is 4. The molecule has 2 N–H and O–H groups in total. The Kier molecular flexibility index (Phi) is 4.72. The van der Waals surface area contributed by atoms with E-state index in [-0.39, 0.29) is 0 Å². The lowest BCUT2D eigenvalue weighted by Gasteiger charge is -2.16. The molecule has 0 atom stereocenters. The molecule has 0 amide bonds. The first-order chi connectivity index (χ1) is 10.9. The standard InChI is InChI=1S/C15H23N7/c1-16-15(17-7-11-21-8-4-5-9-21)18-12-14-20-19-13-6-2-3-10-22(13)14/h4-5,8-9H,2-3,6-7,10-12H2,1H3,(H2,16,17,18). The van der Waals surface area contributed by atoms with Crippen LogP contribution < -0.4 is 10.6 Å². The van der Waals surface area contributed by atoms with Crippen molar-refractivity contribution in [2.45, 2.75) is 38.9 Å². The van der Waals surface area contributed by atoms with Gasteiger partial charge in [-0.25, -0.2) is 0 Å². The third-order valence-electron chi connectivity index (χ3n) is 3.90. The summed E-state index contributed by atoms with van der Waals surface area (Å²) in [5, 5.41) is 15.2. The summed E-state index contributed by atoms with van der Waals surface area (Å²) in [6.45, 7) is 3.41. The molecule has 0 fully saturated rings. The van der Waals surface area contributed by atoms with Gasteiger partial charge in [-0.2, -0.15) is 0 Å². The molecular weight excluding hydrogens is 278 g/mol. The molecule has 0 radical (unpaired) electrons. The lowest BCUT2D eigenvalue weighted by Crippen LogP contribution is -2.39. The summed E-state index contributed by atoms with van der Waals surface area (Å²) in [5.41, 5.74) is 0. The van der Waals surface area contributed by atoms with E-state index >= 15 is 0 Å². The summed E-state index contributed by atoms with van der Waals surface area (Å²) in [7, 11) is 1.78. The molecule has 3 heterocycles. The fraction of sp³-hybridized carbons (Fsp3) is 0.533. The number of fused-ring (bicyclic) bond motifs is 1. The van der Waals surface area contributed by atoms with Crippen molar-refractivity contribution >= 4 is 5.96 Å². The van der Waals surface area contributed by atoms with E-state index in [2.05, 4.69) is 47.4 Å².